The molecule has 4 rings (SSSR count). The van der Waals surface area contributed by atoms with Crippen LogP contribution in [-0.4, -0.2) is 10.8 Å². The smallest absolute Gasteiger partial charge is 0.157 e. The van der Waals surface area contributed by atoms with Crippen LogP contribution < -0.4 is 5.32 Å². The van der Waals surface area contributed by atoms with E-state index in [0.717, 1.165) is 34.0 Å². The molecule has 22 heavy (non-hydrogen) atoms. The van der Waals surface area contributed by atoms with Gasteiger partial charge in [-0.3, -0.25) is 4.98 Å². The number of fused-ring (bicyclic) bond motifs is 2. The molecule has 0 fully saturated rings. The molecule has 0 aliphatic carbocycles. The van der Waals surface area contributed by atoms with Crippen LogP contribution >= 0.6 is 11.3 Å². The van der Waals surface area contributed by atoms with E-state index in [9.17, 15) is 0 Å². The number of hydrogen-bond donors (Lipinski definition) is 1. The molecule has 0 saturated heterocycles. The largest absolute Gasteiger partial charge is 0.338 e. The predicted molar refractivity (Wildman–Crippen MR) is 93.9 cm³/mol. The fourth-order valence-corrected chi connectivity index (χ4v) is 3.54. The fourth-order valence-electron chi connectivity index (χ4n) is 2.81. The standard InChI is InChI=1S/C18H15N3S/c1-10-6-11(2)17-14(7-10)12(3)20-18(21-17)15-8-13-4-5-22-16(13)9-19-15/h4-9H,3H2,1-2H3,(H,20,21). The summed E-state index contributed by atoms with van der Waals surface area (Å²) in [6.45, 7) is 8.32. The molecule has 0 spiro atoms. The van der Waals surface area contributed by atoms with Crippen molar-refractivity contribution >= 4 is 38.6 Å². The molecule has 3 nitrogen and oxygen atoms in total. The lowest BCUT2D eigenvalue weighted by Crippen LogP contribution is -2.26. The molecule has 1 aliphatic heterocycles. The number of benzene rings is 1. The van der Waals surface area contributed by atoms with Crippen molar-refractivity contribution in [3.05, 3.63) is 64.8 Å². The second-order valence-electron chi connectivity index (χ2n) is 5.57. The fraction of sp³-hybridized carbons (Fsp3) is 0.111. The quantitative estimate of drug-likeness (QED) is 0.715. The molecule has 3 heterocycles. The normalized spacial score (nSPS) is 13.7. The van der Waals surface area contributed by atoms with Crippen molar-refractivity contribution in [3.8, 4) is 0 Å². The number of nitrogens with one attached hydrogen (secondary N) is 1. The van der Waals surface area contributed by atoms with Gasteiger partial charge in [0.1, 0.15) is 5.69 Å². The van der Waals surface area contributed by atoms with Gasteiger partial charge in [0.05, 0.1) is 10.4 Å². The van der Waals surface area contributed by atoms with Crippen LogP contribution in [0.2, 0.25) is 0 Å². The number of hydrogen-bond acceptors (Lipinski definition) is 4. The predicted octanol–water partition coefficient (Wildman–Crippen LogP) is 4.57. The highest BCUT2D eigenvalue weighted by Gasteiger charge is 2.19. The molecular formula is C18H15N3S. The van der Waals surface area contributed by atoms with Crippen molar-refractivity contribution in [2.75, 3.05) is 0 Å². The van der Waals surface area contributed by atoms with Crippen LogP contribution in [0.1, 0.15) is 22.4 Å². The Morgan fingerprint density at radius 2 is 2.05 bits per heavy atom. The summed E-state index contributed by atoms with van der Waals surface area (Å²) in [4.78, 5) is 9.32. The van der Waals surface area contributed by atoms with Gasteiger partial charge in [0.2, 0.25) is 0 Å². The number of aromatic nitrogens is 1. The molecule has 0 amide bonds. The Kier molecular flexibility index (Phi) is 2.87. The maximum Gasteiger partial charge on any atom is 0.157 e. The molecule has 1 N–H and O–H groups in total. The van der Waals surface area contributed by atoms with E-state index in [-0.39, 0.29) is 0 Å². The maximum atomic E-state index is 4.78. The van der Waals surface area contributed by atoms with Crippen LogP contribution in [0.3, 0.4) is 0 Å². The Bertz CT molecular complexity index is 950. The van der Waals surface area contributed by atoms with Crippen molar-refractivity contribution in [1.29, 1.82) is 0 Å². The van der Waals surface area contributed by atoms with Gasteiger partial charge in [-0.05, 0) is 48.4 Å². The zero-order chi connectivity index (χ0) is 15.3. The van der Waals surface area contributed by atoms with Crippen LogP contribution in [0.25, 0.3) is 15.8 Å². The third-order valence-corrected chi connectivity index (χ3v) is 4.71. The summed E-state index contributed by atoms with van der Waals surface area (Å²) < 4.78 is 1.19. The Balaban J connectivity index is 1.88. The van der Waals surface area contributed by atoms with Gasteiger partial charge in [0.25, 0.3) is 0 Å². The van der Waals surface area contributed by atoms with E-state index in [1.807, 2.05) is 6.20 Å². The SMILES string of the molecule is C=C1NC(c2cc3ccsc3cn2)=Nc2c(C)cc(C)cc21. The molecule has 4 heteroatoms. The van der Waals surface area contributed by atoms with Crippen molar-refractivity contribution in [1.82, 2.24) is 10.3 Å². The van der Waals surface area contributed by atoms with E-state index in [4.69, 9.17) is 4.99 Å². The minimum absolute atomic E-state index is 0.762. The van der Waals surface area contributed by atoms with Crippen LogP contribution in [0.5, 0.6) is 0 Å². The summed E-state index contributed by atoms with van der Waals surface area (Å²) in [5.41, 5.74) is 6.15. The summed E-state index contributed by atoms with van der Waals surface area (Å²) in [5, 5.41) is 6.56. The molecule has 2 aromatic heterocycles. The van der Waals surface area contributed by atoms with Crippen molar-refractivity contribution in [2.24, 2.45) is 4.99 Å². The molecule has 108 valence electrons. The molecule has 3 aromatic rings. The van der Waals surface area contributed by atoms with Gasteiger partial charge >= 0.3 is 0 Å². The van der Waals surface area contributed by atoms with Crippen LogP contribution in [0.4, 0.5) is 5.69 Å². The van der Waals surface area contributed by atoms with E-state index in [0.29, 0.717) is 0 Å². The molecule has 0 atom stereocenters. The maximum absolute atomic E-state index is 4.78. The third kappa shape index (κ3) is 2.04. The lowest BCUT2D eigenvalue weighted by Gasteiger charge is -2.21. The molecular weight excluding hydrogens is 290 g/mol. The van der Waals surface area contributed by atoms with Gasteiger partial charge in [-0.15, -0.1) is 11.3 Å². The van der Waals surface area contributed by atoms with Gasteiger partial charge in [0, 0.05) is 17.5 Å². The van der Waals surface area contributed by atoms with Gasteiger partial charge in [-0.2, -0.15) is 0 Å². The first-order chi connectivity index (χ1) is 10.6. The molecule has 0 saturated carbocycles. The van der Waals surface area contributed by atoms with Crippen molar-refractivity contribution in [2.45, 2.75) is 13.8 Å². The average molecular weight is 305 g/mol. The topological polar surface area (TPSA) is 37.3 Å². The zero-order valence-corrected chi connectivity index (χ0v) is 13.3. The molecule has 0 bridgehead atoms. The van der Waals surface area contributed by atoms with Crippen LogP contribution in [-0.2, 0) is 0 Å². The van der Waals surface area contributed by atoms with E-state index < -0.39 is 0 Å². The van der Waals surface area contributed by atoms with Gasteiger partial charge in [-0.25, -0.2) is 4.99 Å². The first kappa shape index (κ1) is 13.2. The molecule has 1 aromatic carbocycles. The van der Waals surface area contributed by atoms with Gasteiger partial charge in [0.15, 0.2) is 5.84 Å². The van der Waals surface area contributed by atoms with Crippen LogP contribution in [0, 0.1) is 13.8 Å². The number of aryl methyl sites for hydroxylation is 2. The summed E-state index contributed by atoms with van der Waals surface area (Å²) in [5.74, 6) is 0.762. The minimum Gasteiger partial charge on any atom is -0.338 e. The van der Waals surface area contributed by atoms with E-state index in [2.05, 4.69) is 60.4 Å². The highest BCUT2D eigenvalue weighted by atomic mass is 32.1. The Morgan fingerprint density at radius 3 is 2.91 bits per heavy atom. The summed E-state index contributed by atoms with van der Waals surface area (Å²) in [6.07, 6.45) is 1.90. The number of aliphatic imine (C=N–C) groups is 1. The highest BCUT2D eigenvalue weighted by Crippen LogP contribution is 2.33. The first-order valence-corrected chi connectivity index (χ1v) is 7.99. The molecule has 0 unspecified atom stereocenters. The lowest BCUT2D eigenvalue weighted by atomic mass is 10.0. The van der Waals surface area contributed by atoms with Gasteiger partial charge < -0.3 is 5.32 Å². The Morgan fingerprint density at radius 1 is 1.18 bits per heavy atom. The summed E-state index contributed by atoms with van der Waals surface area (Å²) in [6, 6.07) is 8.44. The third-order valence-electron chi connectivity index (χ3n) is 3.85. The Hall–Kier alpha value is -2.46. The number of rotatable bonds is 1. The molecule has 0 radical (unpaired) electrons. The highest BCUT2D eigenvalue weighted by molar-refractivity contribution is 7.17. The van der Waals surface area contributed by atoms with E-state index >= 15 is 0 Å². The summed E-state index contributed by atoms with van der Waals surface area (Å²) in [7, 11) is 0. The lowest BCUT2D eigenvalue weighted by molar-refractivity contribution is 1.17. The van der Waals surface area contributed by atoms with E-state index in [1.165, 1.54) is 15.6 Å². The number of nitrogens with zero attached hydrogens (tertiary/aromatic N) is 2. The van der Waals surface area contributed by atoms with Crippen molar-refractivity contribution in [3.63, 3.8) is 0 Å². The first-order valence-electron chi connectivity index (χ1n) is 7.12. The zero-order valence-electron chi connectivity index (χ0n) is 12.5. The van der Waals surface area contributed by atoms with Crippen molar-refractivity contribution < 1.29 is 0 Å². The number of thiophene rings is 1. The molecule has 1 aliphatic rings. The number of amidine groups is 1. The van der Waals surface area contributed by atoms with E-state index in [1.54, 1.807) is 11.3 Å². The second-order valence-corrected chi connectivity index (χ2v) is 6.52. The average Bonchev–Trinajstić information content (AvgIpc) is 2.95. The Labute approximate surface area is 133 Å². The number of pyridine rings is 1. The minimum atomic E-state index is 0.762. The second kappa shape index (κ2) is 4.78. The van der Waals surface area contributed by atoms with Gasteiger partial charge in [-0.1, -0.05) is 18.2 Å². The summed E-state index contributed by atoms with van der Waals surface area (Å²) >= 11 is 1.70. The van der Waals surface area contributed by atoms with Crippen LogP contribution in [0.15, 0.2) is 47.4 Å². The monoisotopic (exact) mass is 305 g/mol.